The Balaban J connectivity index is 1.36. The number of ether oxygens (including phenoxy) is 1. The number of urea groups is 1. The number of aromatic nitrogens is 2. The Bertz CT molecular complexity index is 1360. The van der Waals surface area contributed by atoms with Crippen LogP contribution in [0.3, 0.4) is 0 Å². The molecule has 0 aliphatic heterocycles. The van der Waals surface area contributed by atoms with Crippen LogP contribution in [0.15, 0.2) is 90.1 Å². The summed E-state index contributed by atoms with van der Waals surface area (Å²) in [4.78, 5) is 29.2. The zero-order valence-corrected chi connectivity index (χ0v) is 23.2. The second kappa shape index (κ2) is 14.2. The third-order valence-corrected chi connectivity index (χ3v) is 7.03. The zero-order chi connectivity index (χ0) is 27.5. The first-order valence-electron chi connectivity index (χ1n) is 13.3. The van der Waals surface area contributed by atoms with Gasteiger partial charge in [-0.15, -0.1) is 0 Å². The van der Waals surface area contributed by atoms with Gasteiger partial charge in [0.05, 0.1) is 23.6 Å². The summed E-state index contributed by atoms with van der Waals surface area (Å²) in [6.07, 6.45) is 1.79. The number of anilines is 1. The van der Waals surface area contributed by atoms with Gasteiger partial charge in [-0.05, 0) is 44.0 Å². The minimum absolute atomic E-state index is 0.283. The van der Waals surface area contributed by atoms with Crippen molar-refractivity contribution in [1.29, 1.82) is 0 Å². The molecular weight excluding hydrogens is 508 g/mol. The fourth-order valence-electron chi connectivity index (χ4n) is 4.18. The number of amides is 2. The van der Waals surface area contributed by atoms with Crippen molar-refractivity contribution in [3.63, 3.8) is 0 Å². The Morgan fingerprint density at radius 2 is 1.56 bits per heavy atom. The minimum atomic E-state index is -0.377. The van der Waals surface area contributed by atoms with Crippen LogP contribution in [0.25, 0.3) is 22.5 Å². The summed E-state index contributed by atoms with van der Waals surface area (Å²) in [6.45, 7) is 5.67. The Hall–Kier alpha value is -4.04. The van der Waals surface area contributed by atoms with E-state index in [9.17, 15) is 9.59 Å². The lowest BCUT2D eigenvalue weighted by Crippen LogP contribution is -2.29. The maximum Gasteiger partial charge on any atom is 0.338 e. The molecule has 0 radical (unpaired) electrons. The summed E-state index contributed by atoms with van der Waals surface area (Å²) in [5.41, 5.74) is 5.44. The fraction of sp³-hybridized carbons (Fsp3) is 0.258. The number of hydrogen-bond acceptors (Lipinski definition) is 5. The number of rotatable bonds is 12. The van der Waals surface area contributed by atoms with E-state index in [1.807, 2.05) is 24.3 Å². The van der Waals surface area contributed by atoms with Crippen molar-refractivity contribution in [1.82, 2.24) is 14.9 Å². The van der Waals surface area contributed by atoms with Gasteiger partial charge in [0, 0.05) is 35.7 Å². The molecule has 1 aromatic heterocycles. The average molecular weight is 543 g/mol. The third-order valence-electron chi connectivity index (χ3n) is 5.97. The number of nitrogens with one attached hydrogen (secondary N) is 2. The molecule has 1 heterocycles. The van der Waals surface area contributed by atoms with Gasteiger partial charge < -0.3 is 19.9 Å². The smallest absolute Gasteiger partial charge is 0.338 e. The van der Waals surface area contributed by atoms with Crippen LogP contribution in [0.2, 0.25) is 0 Å². The summed E-state index contributed by atoms with van der Waals surface area (Å²) in [7, 11) is 0. The van der Waals surface area contributed by atoms with E-state index in [-0.39, 0.29) is 12.0 Å². The van der Waals surface area contributed by atoms with Crippen LogP contribution < -0.4 is 10.6 Å². The lowest BCUT2D eigenvalue weighted by Gasteiger charge is -2.12. The number of imidazole rings is 1. The van der Waals surface area contributed by atoms with E-state index in [4.69, 9.17) is 9.72 Å². The highest BCUT2D eigenvalue weighted by Crippen LogP contribution is 2.36. The van der Waals surface area contributed by atoms with Crippen molar-refractivity contribution in [3.05, 3.63) is 90.5 Å². The van der Waals surface area contributed by atoms with Gasteiger partial charge in [-0.1, -0.05) is 79.3 Å². The lowest BCUT2D eigenvalue weighted by molar-refractivity contribution is 0.0526. The molecule has 0 saturated carbocycles. The first-order valence-corrected chi connectivity index (χ1v) is 14.3. The highest BCUT2D eigenvalue weighted by Gasteiger charge is 2.20. The van der Waals surface area contributed by atoms with Gasteiger partial charge in [0.25, 0.3) is 0 Å². The molecule has 202 valence electrons. The number of carbonyl (C=O) groups is 2. The van der Waals surface area contributed by atoms with Crippen molar-refractivity contribution in [2.24, 2.45) is 0 Å². The van der Waals surface area contributed by atoms with E-state index in [0.29, 0.717) is 24.4 Å². The molecule has 0 bridgehead atoms. The van der Waals surface area contributed by atoms with Crippen LogP contribution in [0.5, 0.6) is 0 Å². The number of benzene rings is 3. The summed E-state index contributed by atoms with van der Waals surface area (Å²) in [5, 5.41) is 6.68. The molecule has 3 aromatic carbocycles. The third kappa shape index (κ3) is 7.51. The first kappa shape index (κ1) is 28.0. The predicted octanol–water partition coefficient (Wildman–Crippen LogP) is 7.11. The van der Waals surface area contributed by atoms with Crippen LogP contribution in [0, 0.1) is 0 Å². The Kier molecular flexibility index (Phi) is 10.2. The Morgan fingerprint density at radius 1 is 0.897 bits per heavy atom. The van der Waals surface area contributed by atoms with Crippen molar-refractivity contribution >= 4 is 29.4 Å². The predicted molar refractivity (Wildman–Crippen MR) is 158 cm³/mol. The standard InChI is InChI=1S/C31H34N4O3S/c1-3-21-35-28(24-14-9-6-10-15-24)27(23-12-7-5-8-13-23)34-31(35)39-22-11-20-32-30(37)33-26-18-16-25(17-19-26)29(36)38-4-2/h5-10,12-19H,3-4,11,20-22H2,1-2H3,(H2,32,33,37). The molecule has 0 atom stereocenters. The molecule has 0 unspecified atom stereocenters. The molecule has 0 spiro atoms. The fourth-order valence-corrected chi connectivity index (χ4v) is 5.14. The largest absolute Gasteiger partial charge is 0.462 e. The average Bonchev–Trinajstić information content (AvgIpc) is 3.32. The molecule has 0 saturated heterocycles. The van der Waals surface area contributed by atoms with Gasteiger partial charge in [0.15, 0.2) is 5.16 Å². The summed E-state index contributed by atoms with van der Waals surface area (Å²) >= 11 is 1.71. The van der Waals surface area contributed by atoms with E-state index in [0.717, 1.165) is 52.8 Å². The van der Waals surface area contributed by atoms with E-state index in [1.165, 1.54) is 0 Å². The number of carbonyl (C=O) groups excluding carboxylic acids is 2. The molecule has 2 N–H and O–H groups in total. The lowest BCUT2D eigenvalue weighted by atomic mass is 10.0. The highest BCUT2D eigenvalue weighted by molar-refractivity contribution is 7.99. The van der Waals surface area contributed by atoms with Crippen LogP contribution >= 0.6 is 11.8 Å². The van der Waals surface area contributed by atoms with Crippen LogP contribution in [0.4, 0.5) is 10.5 Å². The van der Waals surface area contributed by atoms with Crippen LogP contribution in [0.1, 0.15) is 37.0 Å². The summed E-state index contributed by atoms with van der Waals surface area (Å²) in [6, 6.07) is 27.1. The van der Waals surface area contributed by atoms with E-state index < -0.39 is 0 Å². The molecule has 4 aromatic rings. The molecule has 2 amide bonds. The van der Waals surface area contributed by atoms with Gasteiger partial charge in [0.1, 0.15) is 0 Å². The van der Waals surface area contributed by atoms with Crippen LogP contribution in [-0.2, 0) is 11.3 Å². The van der Waals surface area contributed by atoms with Gasteiger partial charge in [-0.25, -0.2) is 14.6 Å². The SMILES string of the molecule is CCCn1c(SCCCNC(=O)Nc2ccc(C(=O)OCC)cc2)nc(-c2ccccc2)c1-c1ccccc1. The van der Waals surface area contributed by atoms with Gasteiger partial charge in [-0.3, -0.25) is 0 Å². The van der Waals surface area contributed by atoms with Crippen molar-refractivity contribution in [2.45, 2.75) is 38.4 Å². The van der Waals surface area contributed by atoms with Crippen molar-refractivity contribution in [2.75, 3.05) is 24.2 Å². The second-order valence-electron chi connectivity index (χ2n) is 8.86. The van der Waals surface area contributed by atoms with E-state index in [2.05, 4.69) is 58.5 Å². The molecule has 0 aliphatic rings. The molecule has 0 fully saturated rings. The zero-order valence-electron chi connectivity index (χ0n) is 22.4. The topological polar surface area (TPSA) is 85.2 Å². The van der Waals surface area contributed by atoms with Gasteiger partial charge in [-0.2, -0.15) is 0 Å². The number of esters is 1. The minimum Gasteiger partial charge on any atom is -0.462 e. The second-order valence-corrected chi connectivity index (χ2v) is 9.92. The van der Waals surface area contributed by atoms with E-state index >= 15 is 0 Å². The molecule has 0 aliphatic carbocycles. The maximum atomic E-state index is 12.3. The van der Waals surface area contributed by atoms with Crippen LogP contribution in [-0.4, -0.2) is 40.5 Å². The molecule has 7 nitrogen and oxygen atoms in total. The highest BCUT2D eigenvalue weighted by atomic mass is 32.2. The molecule has 8 heteroatoms. The monoisotopic (exact) mass is 542 g/mol. The molecular formula is C31H34N4O3S. The summed E-state index contributed by atoms with van der Waals surface area (Å²) in [5.74, 6) is 0.440. The van der Waals surface area contributed by atoms with E-state index in [1.54, 1.807) is 43.0 Å². The number of thioether (sulfide) groups is 1. The number of nitrogens with zero attached hydrogens (tertiary/aromatic N) is 2. The summed E-state index contributed by atoms with van der Waals surface area (Å²) < 4.78 is 7.31. The maximum absolute atomic E-state index is 12.3. The molecule has 4 rings (SSSR count). The Labute approximate surface area is 234 Å². The van der Waals surface area contributed by atoms with Crippen molar-refractivity contribution < 1.29 is 14.3 Å². The van der Waals surface area contributed by atoms with Gasteiger partial charge in [0.2, 0.25) is 0 Å². The first-order chi connectivity index (χ1) is 19.1. The molecule has 39 heavy (non-hydrogen) atoms. The van der Waals surface area contributed by atoms with Crippen molar-refractivity contribution in [3.8, 4) is 22.5 Å². The quantitative estimate of drug-likeness (QED) is 0.113. The Morgan fingerprint density at radius 3 is 2.21 bits per heavy atom. The number of hydrogen-bond donors (Lipinski definition) is 2. The normalized spacial score (nSPS) is 10.7. The van der Waals surface area contributed by atoms with Gasteiger partial charge >= 0.3 is 12.0 Å².